The van der Waals surface area contributed by atoms with Crippen molar-refractivity contribution in [3.63, 3.8) is 0 Å². The molecule has 1 heterocycles. The van der Waals surface area contributed by atoms with Crippen LogP contribution in [0.3, 0.4) is 0 Å². The van der Waals surface area contributed by atoms with E-state index in [2.05, 4.69) is 15.5 Å². The largest absolute Gasteiger partial charge is 0.375 e. The van der Waals surface area contributed by atoms with E-state index in [4.69, 9.17) is 10.5 Å². The maximum absolute atomic E-state index is 11.5. The van der Waals surface area contributed by atoms with Crippen molar-refractivity contribution in [1.29, 1.82) is 0 Å². The summed E-state index contributed by atoms with van der Waals surface area (Å²) in [6.45, 7) is 2.50. The number of hydrogen-bond acceptors (Lipinski definition) is 5. The number of tetrazole rings is 1. The molecule has 0 spiro atoms. The molecule has 1 saturated carbocycles. The monoisotopic (exact) mass is 227 g/mol. The van der Waals surface area contributed by atoms with E-state index in [1.165, 1.54) is 4.68 Å². The van der Waals surface area contributed by atoms with Crippen LogP contribution in [0.25, 0.3) is 0 Å². The van der Waals surface area contributed by atoms with Crippen molar-refractivity contribution in [1.82, 2.24) is 20.2 Å². The average molecular weight is 227 g/mol. The molecular formula is C9H17N5O2. The van der Waals surface area contributed by atoms with Gasteiger partial charge in [0.05, 0.1) is 6.10 Å². The van der Waals surface area contributed by atoms with Gasteiger partial charge in [-0.05, 0) is 36.6 Å². The van der Waals surface area contributed by atoms with Crippen LogP contribution in [-0.4, -0.2) is 32.9 Å². The Bertz CT molecular complexity index is 399. The highest BCUT2D eigenvalue weighted by Gasteiger charge is 2.42. The molecule has 0 amide bonds. The number of aromatic nitrogens is 4. The SMILES string of the molecule is CCOC1CCCCC1(N)n1nn[nH]c1=O. The zero-order valence-corrected chi connectivity index (χ0v) is 9.35. The zero-order chi connectivity index (χ0) is 11.6. The van der Waals surface area contributed by atoms with Gasteiger partial charge in [0.15, 0.2) is 0 Å². The van der Waals surface area contributed by atoms with Crippen LogP contribution in [0.4, 0.5) is 0 Å². The van der Waals surface area contributed by atoms with Gasteiger partial charge in [-0.15, -0.1) is 0 Å². The van der Waals surface area contributed by atoms with Gasteiger partial charge in [0, 0.05) is 6.61 Å². The van der Waals surface area contributed by atoms with Crippen LogP contribution in [0.1, 0.15) is 32.6 Å². The molecule has 1 aromatic rings. The molecule has 0 aromatic carbocycles. The van der Waals surface area contributed by atoms with E-state index in [1.807, 2.05) is 6.92 Å². The average Bonchev–Trinajstić information content (AvgIpc) is 2.69. The van der Waals surface area contributed by atoms with Gasteiger partial charge < -0.3 is 10.5 Å². The highest BCUT2D eigenvalue weighted by molar-refractivity contribution is 4.90. The summed E-state index contributed by atoms with van der Waals surface area (Å²) in [6, 6.07) is 0. The fourth-order valence-electron chi connectivity index (χ4n) is 2.29. The summed E-state index contributed by atoms with van der Waals surface area (Å²) in [5.41, 5.74) is 5.03. The van der Waals surface area contributed by atoms with Crippen molar-refractivity contribution in [3.8, 4) is 0 Å². The van der Waals surface area contributed by atoms with E-state index in [0.29, 0.717) is 13.0 Å². The van der Waals surface area contributed by atoms with E-state index >= 15 is 0 Å². The first-order valence-corrected chi connectivity index (χ1v) is 5.60. The van der Waals surface area contributed by atoms with Crippen LogP contribution >= 0.6 is 0 Å². The molecular weight excluding hydrogens is 210 g/mol. The summed E-state index contributed by atoms with van der Waals surface area (Å²) >= 11 is 0. The first-order valence-electron chi connectivity index (χ1n) is 5.60. The molecule has 3 N–H and O–H groups in total. The molecule has 7 nitrogen and oxygen atoms in total. The lowest BCUT2D eigenvalue weighted by molar-refractivity contribution is -0.0600. The second-order valence-electron chi connectivity index (χ2n) is 4.10. The normalized spacial score (nSPS) is 30.5. The number of nitrogens with one attached hydrogen (secondary N) is 1. The van der Waals surface area contributed by atoms with E-state index in [1.54, 1.807) is 0 Å². The van der Waals surface area contributed by atoms with Gasteiger partial charge in [-0.3, -0.25) is 0 Å². The Morgan fingerprint density at radius 2 is 2.50 bits per heavy atom. The number of hydrogen-bond donors (Lipinski definition) is 2. The van der Waals surface area contributed by atoms with Gasteiger partial charge in [0.25, 0.3) is 0 Å². The summed E-state index contributed by atoms with van der Waals surface area (Å²) in [5.74, 6) is 0. The lowest BCUT2D eigenvalue weighted by Crippen LogP contribution is -2.59. The lowest BCUT2D eigenvalue weighted by Gasteiger charge is -2.39. The summed E-state index contributed by atoms with van der Waals surface area (Å²) in [4.78, 5) is 11.5. The number of nitrogens with two attached hydrogens (primary N) is 1. The quantitative estimate of drug-likeness (QED) is 0.729. The molecule has 1 aliphatic rings. The molecule has 90 valence electrons. The molecule has 2 unspecified atom stereocenters. The maximum atomic E-state index is 11.5. The van der Waals surface area contributed by atoms with Crippen molar-refractivity contribution in [2.45, 2.75) is 44.4 Å². The Morgan fingerprint density at radius 1 is 1.69 bits per heavy atom. The van der Waals surface area contributed by atoms with E-state index in [-0.39, 0.29) is 11.8 Å². The summed E-state index contributed by atoms with van der Waals surface area (Å²) in [5, 5.41) is 9.48. The fraction of sp³-hybridized carbons (Fsp3) is 0.889. The zero-order valence-electron chi connectivity index (χ0n) is 9.35. The van der Waals surface area contributed by atoms with Gasteiger partial charge in [0.2, 0.25) is 0 Å². The Kier molecular flexibility index (Phi) is 3.06. The summed E-state index contributed by atoms with van der Waals surface area (Å²) in [7, 11) is 0. The molecule has 0 saturated heterocycles. The van der Waals surface area contributed by atoms with Gasteiger partial charge in [-0.2, -0.15) is 4.68 Å². The highest BCUT2D eigenvalue weighted by atomic mass is 16.5. The first-order chi connectivity index (χ1) is 7.68. The van der Waals surface area contributed by atoms with Crippen LogP contribution < -0.4 is 11.4 Å². The molecule has 7 heteroatoms. The predicted molar refractivity (Wildman–Crippen MR) is 56.7 cm³/mol. The van der Waals surface area contributed by atoms with E-state index in [0.717, 1.165) is 19.3 Å². The third kappa shape index (κ3) is 1.76. The number of H-pyrrole nitrogens is 1. The molecule has 2 atom stereocenters. The number of rotatable bonds is 3. The molecule has 1 aliphatic carbocycles. The van der Waals surface area contributed by atoms with Crippen LogP contribution in [0.5, 0.6) is 0 Å². The molecule has 1 fully saturated rings. The fourth-order valence-corrected chi connectivity index (χ4v) is 2.29. The first kappa shape index (κ1) is 11.3. The number of nitrogens with zero attached hydrogens (tertiary/aromatic N) is 3. The number of aromatic amines is 1. The molecule has 0 bridgehead atoms. The molecule has 0 radical (unpaired) electrons. The van der Waals surface area contributed by atoms with Crippen LogP contribution in [0.15, 0.2) is 4.79 Å². The van der Waals surface area contributed by atoms with Crippen molar-refractivity contribution in [2.24, 2.45) is 5.73 Å². The van der Waals surface area contributed by atoms with Gasteiger partial charge >= 0.3 is 5.69 Å². The van der Waals surface area contributed by atoms with E-state index in [9.17, 15) is 4.79 Å². The van der Waals surface area contributed by atoms with Crippen molar-refractivity contribution < 1.29 is 4.74 Å². The van der Waals surface area contributed by atoms with Crippen LogP contribution in [-0.2, 0) is 10.4 Å². The highest BCUT2D eigenvalue weighted by Crippen LogP contribution is 2.31. The lowest BCUT2D eigenvalue weighted by atomic mass is 9.87. The molecule has 0 aliphatic heterocycles. The Labute approximate surface area is 92.9 Å². The standard InChI is InChI=1S/C9H17N5O2/c1-2-16-7-5-3-4-6-9(7,10)14-8(15)11-12-13-14/h7H,2-6,10H2,1H3,(H,11,13,15). The molecule has 16 heavy (non-hydrogen) atoms. The second-order valence-corrected chi connectivity index (χ2v) is 4.10. The van der Waals surface area contributed by atoms with Crippen molar-refractivity contribution in [3.05, 3.63) is 10.5 Å². The summed E-state index contributed by atoms with van der Waals surface area (Å²) < 4.78 is 6.83. The Hall–Kier alpha value is -1.21. The smallest absolute Gasteiger partial charge is 0.362 e. The molecule has 1 aromatic heterocycles. The van der Waals surface area contributed by atoms with Crippen molar-refractivity contribution >= 4 is 0 Å². The summed E-state index contributed by atoms with van der Waals surface area (Å²) in [6.07, 6.45) is 3.40. The predicted octanol–water partition coefficient (Wildman–Crippen LogP) is -0.443. The van der Waals surface area contributed by atoms with Gasteiger partial charge in [-0.25, -0.2) is 9.89 Å². The Balaban J connectivity index is 2.33. The Morgan fingerprint density at radius 3 is 3.12 bits per heavy atom. The third-order valence-corrected chi connectivity index (χ3v) is 3.09. The third-order valence-electron chi connectivity index (χ3n) is 3.09. The van der Waals surface area contributed by atoms with Crippen LogP contribution in [0.2, 0.25) is 0 Å². The minimum atomic E-state index is -0.863. The second kappa shape index (κ2) is 4.34. The minimum absolute atomic E-state index is 0.172. The maximum Gasteiger partial charge on any atom is 0.362 e. The number of ether oxygens (including phenoxy) is 1. The topological polar surface area (TPSA) is 98.8 Å². The van der Waals surface area contributed by atoms with Crippen molar-refractivity contribution in [2.75, 3.05) is 6.61 Å². The van der Waals surface area contributed by atoms with Gasteiger partial charge in [0.1, 0.15) is 5.66 Å². The molecule has 2 rings (SSSR count). The van der Waals surface area contributed by atoms with Gasteiger partial charge in [-0.1, -0.05) is 6.42 Å². The minimum Gasteiger partial charge on any atom is -0.375 e. The van der Waals surface area contributed by atoms with E-state index < -0.39 is 5.66 Å². The van der Waals surface area contributed by atoms with Crippen LogP contribution in [0, 0.1) is 0 Å².